The van der Waals surface area contributed by atoms with E-state index in [4.69, 9.17) is 5.11 Å². The Kier molecular flexibility index (Phi) is 7.29. The van der Waals surface area contributed by atoms with E-state index >= 15 is 0 Å². The van der Waals surface area contributed by atoms with E-state index in [2.05, 4.69) is 27.8 Å². The number of aromatic hydroxyl groups is 1. The van der Waals surface area contributed by atoms with Gasteiger partial charge in [-0.1, -0.05) is 24.8 Å². The number of amides is 1. The van der Waals surface area contributed by atoms with Crippen LogP contribution in [0.15, 0.2) is 85.0 Å². The highest BCUT2D eigenvalue weighted by Crippen LogP contribution is 2.38. The van der Waals surface area contributed by atoms with Crippen LogP contribution in [0.1, 0.15) is 33.5 Å². The van der Waals surface area contributed by atoms with Crippen molar-refractivity contribution in [1.82, 2.24) is 4.90 Å². The molecule has 0 saturated carbocycles. The summed E-state index contributed by atoms with van der Waals surface area (Å²) in [7, 11) is 0. The topological polar surface area (TPSA) is 93.1 Å². The van der Waals surface area contributed by atoms with Crippen LogP contribution in [0.3, 0.4) is 0 Å². The molecule has 3 N–H and O–H groups in total. The Labute approximate surface area is 222 Å². The number of phenols is 1. The van der Waals surface area contributed by atoms with E-state index in [-0.39, 0.29) is 11.7 Å². The third-order valence-electron chi connectivity index (χ3n) is 7.28. The van der Waals surface area contributed by atoms with Crippen LogP contribution in [0.2, 0.25) is 0 Å². The number of aryl methyl sites for hydroxylation is 1. The molecule has 7 heteroatoms. The first-order valence-corrected chi connectivity index (χ1v) is 12.8. The molecule has 1 aliphatic heterocycles. The van der Waals surface area contributed by atoms with Gasteiger partial charge < -0.3 is 20.4 Å². The van der Waals surface area contributed by atoms with Crippen LogP contribution in [-0.2, 0) is 11.2 Å². The summed E-state index contributed by atoms with van der Waals surface area (Å²) >= 11 is 0. The van der Waals surface area contributed by atoms with Crippen LogP contribution in [0, 0.1) is 0 Å². The number of hydrogen-bond donors (Lipinski definition) is 3. The third kappa shape index (κ3) is 5.48. The van der Waals surface area contributed by atoms with Gasteiger partial charge in [0.1, 0.15) is 5.75 Å². The predicted molar refractivity (Wildman–Crippen MR) is 150 cm³/mol. The number of carboxylic acid groups (broad SMARTS) is 1. The maximum absolute atomic E-state index is 11.8. The average molecular weight is 510 g/mol. The SMILES string of the molecule is C=CC(=O)Nc1ccc2c(c1)CCC(CN1CCN(c3ccc(C(=O)O)cc3)CC1)=C2c1cccc(O)c1. The van der Waals surface area contributed by atoms with E-state index in [1.54, 1.807) is 18.2 Å². The molecule has 0 radical (unpaired) electrons. The summed E-state index contributed by atoms with van der Waals surface area (Å²) in [6.07, 6.45) is 3.04. The molecule has 1 amide bonds. The first-order chi connectivity index (χ1) is 18.4. The zero-order valence-corrected chi connectivity index (χ0v) is 21.2. The number of carboxylic acids is 1. The van der Waals surface area contributed by atoms with Crippen molar-refractivity contribution >= 4 is 28.8 Å². The molecule has 0 bridgehead atoms. The van der Waals surface area contributed by atoms with Crippen LogP contribution in [0.25, 0.3) is 5.57 Å². The second-order valence-corrected chi connectivity index (χ2v) is 9.71. The van der Waals surface area contributed by atoms with Crippen molar-refractivity contribution in [3.05, 3.63) is 107 Å². The van der Waals surface area contributed by atoms with E-state index in [1.807, 2.05) is 42.5 Å². The van der Waals surface area contributed by atoms with Crippen molar-refractivity contribution in [1.29, 1.82) is 0 Å². The van der Waals surface area contributed by atoms with E-state index in [1.165, 1.54) is 17.2 Å². The largest absolute Gasteiger partial charge is 0.508 e. The highest BCUT2D eigenvalue weighted by Gasteiger charge is 2.25. The Balaban J connectivity index is 1.37. The quantitative estimate of drug-likeness (QED) is 0.397. The van der Waals surface area contributed by atoms with Crippen molar-refractivity contribution in [3.8, 4) is 5.75 Å². The number of hydrogen-bond acceptors (Lipinski definition) is 5. The molecule has 3 aromatic rings. The minimum atomic E-state index is -0.913. The Bertz CT molecular complexity index is 1400. The fraction of sp³-hybridized carbons (Fsp3) is 0.226. The van der Waals surface area contributed by atoms with Gasteiger partial charge in [0.2, 0.25) is 5.91 Å². The Morgan fingerprint density at radius 1 is 0.947 bits per heavy atom. The molecule has 1 fully saturated rings. The van der Waals surface area contributed by atoms with E-state index < -0.39 is 5.97 Å². The number of nitrogens with zero attached hydrogens (tertiary/aromatic N) is 2. The van der Waals surface area contributed by atoms with Gasteiger partial charge in [-0.3, -0.25) is 9.69 Å². The number of phenolic OH excluding ortho intramolecular Hbond substituents is 1. The van der Waals surface area contributed by atoms with E-state index in [0.717, 1.165) is 73.6 Å². The van der Waals surface area contributed by atoms with Crippen LogP contribution in [0.4, 0.5) is 11.4 Å². The second kappa shape index (κ2) is 10.9. The molecule has 0 atom stereocenters. The summed E-state index contributed by atoms with van der Waals surface area (Å²) in [5, 5.41) is 22.2. The lowest BCUT2D eigenvalue weighted by atomic mass is 9.81. The van der Waals surface area contributed by atoms with Gasteiger partial charge in [0.15, 0.2) is 0 Å². The maximum atomic E-state index is 11.8. The monoisotopic (exact) mass is 509 g/mol. The first-order valence-electron chi connectivity index (χ1n) is 12.8. The molecule has 38 heavy (non-hydrogen) atoms. The molecule has 0 aromatic heterocycles. The van der Waals surface area contributed by atoms with Crippen molar-refractivity contribution in [2.24, 2.45) is 0 Å². The molecule has 0 spiro atoms. The summed E-state index contributed by atoms with van der Waals surface area (Å²) < 4.78 is 0. The zero-order chi connectivity index (χ0) is 26.6. The number of aromatic carboxylic acids is 1. The van der Waals surface area contributed by atoms with Gasteiger partial charge >= 0.3 is 5.97 Å². The minimum absolute atomic E-state index is 0.234. The summed E-state index contributed by atoms with van der Waals surface area (Å²) in [6, 6.07) is 20.5. The Morgan fingerprint density at radius 2 is 1.71 bits per heavy atom. The number of carbonyl (C=O) groups is 2. The Morgan fingerprint density at radius 3 is 2.39 bits per heavy atom. The highest BCUT2D eigenvalue weighted by atomic mass is 16.4. The van der Waals surface area contributed by atoms with Gasteiger partial charge in [-0.2, -0.15) is 0 Å². The minimum Gasteiger partial charge on any atom is -0.508 e. The predicted octanol–water partition coefficient (Wildman–Crippen LogP) is 4.79. The number of nitrogens with one attached hydrogen (secondary N) is 1. The zero-order valence-electron chi connectivity index (χ0n) is 21.2. The number of fused-ring (bicyclic) bond motifs is 1. The first kappa shape index (κ1) is 25.3. The van der Waals surface area contributed by atoms with Crippen LogP contribution < -0.4 is 10.2 Å². The number of anilines is 2. The van der Waals surface area contributed by atoms with Crippen LogP contribution in [-0.4, -0.2) is 59.7 Å². The van der Waals surface area contributed by atoms with Crippen molar-refractivity contribution in [3.63, 3.8) is 0 Å². The van der Waals surface area contributed by atoms with Crippen LogP contribution in [0.5, 0.6) is 5.75 Å². The fourth-order valence-electron chi connectivity index (χ4n) is 5.34. The molecular formula is C31H31N3O4. The molecule has 7 nitrogen and oxygen atoms in total. The standard InChI is InChI=1S/C31H31N3O4/c1-2-29(36)32-25-10-13-28-22(18-25)6-7-24(30(28)23-4-3-5-27(35)19-23)20-33-14-16-34(17-15-33)26-11-8-21(9-12-26)31(37)38/h2-5,8-13,18-19,35H,1,6-7,14-17,20H2,(H,32,36)(H,37,38). The molecule has 1 heterocycles. The van der Waals surface area contributed by atoms with Crippen molar-refractivity contribution < 1.29 is 19.8 Å². The lowest BCUT2D eigenvalue weighted by Crippen LogP contribution is -2.47. The maximum Gasteiger partial charge on any atom is 0.335 e. The summed E-state index contributed by atoms with van der Waals surface area (Å²) in [5.74, 6) is -0.912. The number of carbonyl (C=O) groups excluding carboxylic acids is 1. The van der Waals surface area contributed by atoms with Gasteiger partial charge in [0.05, 0.1) is 5.56 Å². The van der Waals surface area contributed by atoms with Crippen LogP contribution >= 0.6 is 0 Å². The van der Waals surface area contributed by atoms with Crippen molar-refractivity contribution in [2.75, 3.05) is 42.9 Å². The normalized spacial score (nSPS) is 15.6. The molecule has 1 saturated heterocycles. The summed E-state index contributed by atoms with van der Waals surface area (Å²) in [6.45, 7) is 7.90. The average Bonchev–Trinajstić information content (AvgIpc) is 2.93. The van der Waals surface area contributed by atoms with Gasteiger partial charge in [-0.15, -0.1) is 0 Å². The van der Waals surface area contributed by atoms with Gasteiger partial charge in [0.25, 0.3) is 0 Å². The second-order valence-electron chi connectivity index (χ2n) is 9.71. The van der Waals surface area contributed by atoms with Gasteiger partial charge in [-0.25, -0.2) is 4.79 Å². The molecule has 2 aliphatic rings. The molecule has 3 aromatic carbocycles. The van der Waals surface area contributed by atoms with E-state index in [9.17, 15) is 14.7 Å². The van der Waals surface area contributed by atoms with E-state index in [0.29, 0.717) is 5.56 Å². The van der Waals surface area contributed by atoms with Crippen molar-refractivity contribution in [2.45, 2.75) is 12.8 Å². The number of benzene rings is 3. The van der Waals surface area contributed by atoms with Gasteiger partial charge in [-0.05, 0) is 95.3 Å². The Hall–Kier alpha value is -4.36. The number of rotatable bonds is 7. The van der Waals surface area contributed by atoms with Gasteiger partial charge in [0, 0.05) is 44.1 Å². The molecule has 0 unspecified atom stereocenters. The lowest BCUT2D eigenvalue weighted by molar-refractivity contribution is -0.111. The summed E-state index contributed by atoms with van der Waals surface area (Å²) in [4.78, 5) is 27.7. The summed E-state index contributed by atoms with van der Waals surface area (Å²) in [5.41, 5.74) is 7.86. The molecule has 194 valence electrons. The molecule has 1 aliphatic carbocycles. The highest BCUT2D eigenvalue weighted by molar-refractivity contribution is 5.99. The fourth-order valence-corrected chi connectivity index (χ4v) is 5.34. The molecular weight excluding hydrogens is 478 g/mol. The molecule has 5 rings (SSSR count). The smallest absolute Gasteiger partial charge is 0.335 e. The third-order valence-corrected chi connectivity index (χ3v) is 7.28. The lowest BCUT2D eigenvalue weighted by Gasteiger charge is -2.37. The number of piperazine rings is 1.